The van der Waals surface area contributed by atoms with E-state index in [1.807, 2.05) is 24.3 Å². The van der Waals surface area contributed by atoms with Crippen LogP contribution in [-0.4, -0.2) is 11.5 Å². The van der Waals surface area contributed by atoms with Gasteiger partial charge in [0.05, 0.1) is 12.7 Å². The lowest BCUT2D eigenvalue weighted by Gasteiger charge is -2.03. The maximum atomic E-state index is 5.64. The van der Waals surface area contributed by atoms with Gasteiger partial charge in [-0.25, -0.2) is 0 Å². The second-order valence-corrected chi connectivity index (χ2v) is 4.02. The summed E-state index contributed by atoms with van der Waals surface area (Å²) < 4.78 is 11.2. The minimum Gasteiger partial charge on any atom is -0.484 e. The van der Waals surface area contributed by atoms with Crippen molar-refractivity contribution in [2.24, 2.45) is 0 Å². The maximum Gasteiger partial charge on any atom is 0.146 e. The second kappa shape index (κ2) is 6.81. The summed E-state index contributed by atoms with van der Waals surface area (Å²) in [7, 11) is 0. The lowest BCUT2D eigenvalue weighted by molar-refractivity contribution is 0.264. The van der Waals surface area contributed by atoms with Crippen LogP contribution in [0.3, 0.4) is 0 Å². The topological polar surface area (TPSA) is 47.3 Å². The molecule has 0 fully saturated rings. The van der Waals surface area contributed by atoms with E-state index in [-0.39, 0.29) is 0 Å². The van der Waals surface area contributed by atoms with Crippen molar-refractivity contribution in [3.63, 3.8) is 0 Å². The van der Waals surface area contributed by atoms with Gasteiger partial charge in [0.1, 0.15) is 23.9 Å². The summed E-state index contributed by atoms with van der Waals surface area (Å²) in [5.74, 6) is 2.51. The van der Waals surface area contributed by atoms with Crippen LogP contribution in [0.2, 0.25) is 0 Å². The summed E-state index contributed by atoms with van der Waals surface area (Å²) in [6, 6.07) is 7.64. The molecule has 2 rings (SSSR count). The lowest BCUT2D eigenvalue weighted by atomic mass is 10.4. The van der Waals surface area contributed by atoms with E-state index >= 15 is 0 Å². The smallest absolute Gasteiger partial charge is 0.146 e. The number of nitrogens with zero attached hydrogens (tertiary/aromatic N) is 1. The Morgan fingerprint density at radius 3 is 2.94 bits per heavy atom. The molecule has 0 radical (unpaired) electrons. The molecular weight excluding hydrogens is 228 g/mol. The molecule has 0 aliphatic carbocycles. The molecule has 4 nitrogen and oxygen atoms in total. The Labute approximate surface area is 107 Å². The number of hydrogen-bond donors (Lipinski definition) is 1. The van der Waals surface area contributed by atoms with Gasteiger partial charge in [0.15, 0.2) is 0 Å². The highest BCUT2D eigenvalue weighted by Crippen LogP contribution is 2.12. The van der Waals surface area contributed by atoms with Crippen LogP contribution in [0.5, 0.6) is 5.75 Å². The molecule has 0 amide bonds. The van der Waals surface area contributed by atoms with Crippen molar-refractivity contribution in [2.45, 2.75) is 26.5 Å². The molecule has 1 N–H and O–H groups in total. The number of aromatic nitrogens is 1. The average Bonchev–Trinajstić information content (AvgIpc) is 2.86. The SMILES string of the molecule is CCCNCc1ccc(COc2cccnc2)o1. The Kier molecular flexibility index (Phi) is 4.78. The van der Waals surface area contributed by atoms with E-state index in [4.69, 9.17) is 9.15 Å². The number of ether oxygens (including phenoxy) is 1. The Morgan fingerprint density at radius 2 is 2.17 bits per heavy atom. The molecule has 0 spiro atoms. The molecule has 0 aromatic carbocycles. The molecule has 0 bridgehead atoms. The molecule has 4 heteroatoms. The highest BCUT2D eigenvalue weighted by atomic mass is 16.5. The Bertz CT molecular complexity index is 454. The maximum absolute atomic E-state index is 5.64. The number of furan rings is 1. The second-order valence-electron chi connectivity index (χ2n) is 4.02. The van der Waals surface area contributed by atoms with Gasteiger partial charge in [0.25, 0.3) is 0 Å². The van der Waals surface area contributed by atoms with E-state index in [1.165, 1.54) is 0 Å². The lowest BCUT2D eigenvalue weighted by Crippen LogP contribution is -2.13. The monoisotopic (exact) mass is 246 g/mol. The van der Waals surface area contributed by atoms with Crippen molar-refractivity contribution >= 4 is 0 Å². The van der Waals surface area contributed by atoms with Gasteiger partial charge in [-0.3, -0.25) is 4.98 Å². The minimum atomic E-state index is 0.430. The highest BCUT2D eigenvalue weighted by molar-refractivity contribution is 5.16. The fourth-order valence-corrected chi connectivity index (χ4v) is 1.57. The Balaban J connectivity index is 1.80. The first-order valence-electron chi connectivity index (χ1n) is 6.19. The third kappa shape index (κ3) is 3.89. The van der Waals surface area contributed by atoms with Gasteiger partial charge in [-0.15, -0.1) is 0 Å². The fourth-order valence-electron chi connectivity index (χ4n) is 1.57. The van der Waals surface area contributed by atoms with E-state index in [0.717, 1.165) is 36.8 Å². The van der Waals surface area contributed by atoms with Crippen LogP contribution < -0.4 is 10.1 Å². The van der Waals surface area contributed by atoms with Crippen molar-refractivity contribution in [3.05, 3.63) is 48.2 Å². The van der Waals surface area contributed by atoms with Crippen molar-refractivity contribution in [1.82, 2.24) is 10.3 Å². The zero-order valence-electron chi connectivity index (χ0n) is 10.6. The van der Waals surface area contributed by atoms with E-state index < -0.39 is 0 Å². The first-order valence-corrected chi connectivity index (χ1v) is 6.19. The third-order valence-corrected chi connectivity index (χ3v) is 2.46. The first kappa shape index (κ1) is 12.6. The molecule has 96 valence electrons. The number of hydrogen-bond acceptors (Lipinski definition) is 4. The van der Waals surface area contributed by atoms with E-state index in [0.29, 0.717) is 6.61 Å². The predicted octanol–water partition coefficient (Wildman–Crippen LogP) is 2.75. The standard InChI is InChI=1S/C14H18N2O2/c1-2-7-15-10-13-5-6-14(18-13)11-17-12-4-3-8-16-9-12/h3-6,8-9,15H,2,7,10-11H2,1H3. The van der Waals surface area contributed by atoms with Crippen molar-refractivity contribution in [3.8, 4) is 5.75 Å². The zero-order chi connectivity index (χ0) is 12.6. The summed E-state index contributed by atoms with van der Waals surface area (Å²) in [6.45, 7) is 4.34. The average molecular weight is 246 g/mol. The van der Waals surface area contributed by atoms with Gasteiger partial charge in [0, 0.05) is 6.20 Å². The quantitative estimate of drug-likeness (QED) is 0.763. The summed E-state index contributed by atoms with van der Waals surface area (Å²) >= 11 is 0. The zero-order valence-corrected chi connectivity index (χ0v) is 10.6. The first-order chi connectivity index (χ1) is 8.88. The number of rotatable bonds is 7. The van der Waals surface area contributed by atoms with Gasteiger partial charge in [0.2, 0.25) is 0 Å². The van der Waals surface area contributed by atoms with Crippen LogP contribution in [0.1, 0.15) is 24.9 Å². The van der Waals surface area contributed by atoms with Gasteiger partial charge in [-0.1, -0.05) is 6.92 Å². The van der Waals surface area contributed by atoms with Gasteiger partial charge < -0.3 is 14.5 Å². The molecule has 0 atom stereocenters. The summed E-state index contributed by atoms with van der Waals surface area (Å²) in [5, 5.41) is 3.29. The Hall–Kier alpha value is -1.81. The molecule has 18 heavy (non-hydrogen) atoms. The molecule has 2 aromatic rings. The van der Waals surface area contributed by atoms with Crippen molar-refractivity contribution in [1.29, 1.82) is 0 Å². The number of pyridine rings is 1. The van der Waals surface area contributed by atoms with Crippen molar-refractivity contribution < 1.29 is 9.15 Å². The molecule has 2 heterocycles. The molecule has 0 saturated heterocycles. The van der Waals surface area contributed by atoms with Crippen LogP contribution in [0.25, 0.3) is 0 Å². The third-order valence-electron chi connectivity index (χ3n) is 2.46. The summed E-state index contributed by atoms with van der Waals surface area (Å²) in [4.78, 5) is 3.99. The van der Waals surface area contributed by atoms with E-state index in [1.54, 1.807) is 12.4 Å². The van der Waals surface area contributed by atoms with Crippen LogP contribution in [0.15, 0.2) is 41.1 Å². The molecule has 2 aromatic heterocycles. The van der Waals surface area contributed by atoms with Crippen molar-refractivity contribution in [2.75, 3.05) is 6.54 Å². The Morgan fingerprint density at radius 1 is 1.28 bits per heavy atom. The molecular formula is C14H18N2O2. The van der Waals surface area contributed by atoms with E-state index in [9.17, 15) is 0 Å². The van der Waals surface area contributed by atoms with Gasteiger partial charge in [-0.2, -0.15) is 0 Å². The molecule has 0 saturated carbocycles. The summed E-state index contributed by atoms with van der Waals surface area (Å²) in [6.07, 6.45) is 4.53. The minimum absolute atomic E-state index is 0.430. The predicted molar refractivity (Wildman–Crippen MR) is 69.3 cm³/mol. The fraction of sp³-hybridized carbons (Fsp3) is 0.357. The van der Waals surface area contributed by atoms with Crippen LogP contribution in [0, 0.1) is 0 Å². The van der Waals surface area contributed by atoms with Gasteiger partial charge >= 0.3 is 0 Å². The molecule has 0 aliphatic heterocycles. The number of nitrogens with one attached hydrogen (secondary N) is 1. The normalized spacial score (nSPS) is 10.5. The van der Waals surface area contributed by atoms with E-state index in [2.05, 4.69) is 17.2 Å². The van der Waals surface area contributed by atoms with Crippen LogP contribution >= 0.6 is 0 Å². The highest BCUT2D eigenvalue weighted by Gasteiger charge is 2.02. The summed E-state index contributed by atoms with van der Waals surface area (Å²) in [5.41, 5.74) is 0. The van der Waals surface area contributed by atoms with Gasteiger partial charge in [-0.05, 0) is 37.2 Å². The van der Waals surface area contributed by atoms with Crippen LogP contribution in [0.4, 0.5) is 0 Å². The molecule has 0 unspecified atom stereocenters. The molecule has 0 aliphatic rings. The van der Waals surface area contributed by atoms with Crippen LogP contribution in [-0.2, 0) is 13.2 Å². The largest absolute Gasteiger partial charge is 0.484 e.